The van der Waals surface area contributed by atoms with Crippen molar-refractivity contribution in [2.24, 2.45) is 17.6 Å². The third-order valence-corrected chi connectivity index (χ3v) is 4.86. The summed E-state index contributed by atoms with van der Waals surface area (Å²) in [6.07, 6.45) is 7.51. The van der Waals surface area contributed by atoms with Crippen LogP contribution in [0.3, 0.4) is 0 Å². The Morgan fingerprint density at radius 2 is 2.25 bits per heavy atom. The van der Waals surface area contributed by atoms with Gasteiger partial charge in [-0.05, 0) is 43.9 Å². The normalized spacial score (nSPS) is 32.2. The predicted octanol–water partition coefficient (Wildman–Crippen LogP) is 2.40. The standard InChI is InChI=1S/C15H25N3O2/c1-10-4-3-7-15(9-10,19-2)14-17-13(20-18-14)8-12(16)11-5-6-11/h10-12H,3-9,16H2,1-2H3. The van der Waals surface area contributed by atoms with Crippen molar-refractivity contribution in [1.82, 2.24) is 10.1 Å². The lowest BCUT2D eigenvalue weighted by molar-refractivity contribution is -0.0658. The van der Waals surface area contributed by atoms with Crippen LogP contribution in [-0.4, -0.2) is 23.3 Å². The average Bonchev–Trinajstić information content (AvgIpc) is 3.19. The minimum absolute atomic E-state index is 0.159. The topological polar surface area (TPSA) is 74.2 Å². The summed E-state index contributed by atoms with van der Waals surface area (Å²) in [5.41, 5.74) is 5.77. The Hall–Kier alpha value is -0.940. The second-order valence-corrected chi connectivity index (χ2v) is 6.62. The first-order valence-electron chi connectivity index (χ1n) is 7.77. The molecule has 3 unspecified atom stereocenters. The Morgan fingerprint density at radius 3 is 2.90 bits per heavy atom. The molecule has 20 heavy (non-hydrogen) atoms. The molecular weight excluding hydrogens is 254 g/mol. The maximum absolute atomic E-state index is 6.13. The Bertz CT molecular complexity index is 458. The predicted molar refractivity (Wildman–Crippen MR) is 75.0 cm³/mol. The van der Waals surface area contributed by atoms with Gasteiger partial charge in [-0.2, -0.15) is 4.98 Å². The van der Waals surface area contributed by atoms with E-state index < -0.39 is 0 Å². The number of nitrogens with zero attached hydrogens (tertiary/aromatic N) is 2. The van der Waals surface area contributed by atoms with E-state index in [0.717, 1.165) is 19.3 Å². The molecule has 0 bridgehead atoms. The first kappa shape index (κ1) is 14.0. The Kier molecular flexibility index (Phi) is 3.82. The van der Waals surface area contributed by atoms with Crippen molar-refractivity contribution in [2.45, 2.75) is 63.5 Å². The fraction of sp³-hybridized carbons (Fsp3) is 0.867. The molecule has 3 atom stereocenters. The summed E-state index contributed by atoms with van der Waals surface area (Å²) in [5, 5.41) is 4.18. The number of nitrogens with two attached hydrogens (primary N) is 1. The molecule has 2 aliphatic carbocycles. The van der Waals surface area contributed by atoms with Gasteiger partial charge in [0, 0.05) is 19.6 Å². The summed E-state index contributed by atoms with van der Waals surface area (Å²) < 4.78 is 11.2. The van der Waals surface area contributed by atoms with Gasteiger partial charge in [0.15, 0.2) is 0 Å². The zero-order valence-electron chi connectivity index (χ0n) is 12.5. The van der Waals surface area contributed by atoms with Crippen LogP contribution in [0.2, 0.25) is 0 Å². The second-order valence-electron chi connectivity index (χ2n) is 6.62. The van der Waals surface area contributed by atoms with Gasteiger partial charge in [0.05, 0.1) is 0 Å². The average molecular weight is 279 g/mol. The van der Waals surface area contributed by atoms with E-state index in [9.17, 15) is 0 Å². The van der Waals surface area contributed by atoms with E-state index in [2.05, 4.69) is 17.1 Å². The van der Waals surface area contributed by atoms with Crippen LogP contribution in [0.15, 0.2) is 4.52 Å². The van der Waals surface area contributed by atoms with Gasteiger partial charge in [-0.1, -0.05) is 18.5 Å². The van der Waals surface area contributed by atoms with Gasteiger partial charge in [-0.15, -0.1) is 0 Å². The quantitative estimate of drug-likeness (QED) is 0.895. The smallest absolute Gasteiger partial charge is 0.228 e. The first-order valence-corrected chi connectivity index (χ1v) is 7.77. The van der Waals surface area contributed by atoms with E-state index in [0.29, 0.717) is 30.0 Å². The van der Waals surface area contributed by atoms with Crippen molar-refractivity contribution in [3.05, 3.63) is 11.7 Å². The highest BCUT2D eigenvalue weighted by Crippen LogP contribution is 2.41. The molecule has 0 amide bonds. The van der Waals surface area contributed by atoms with Crippen LogP contribution in [0.25, 0.3) is 0 Å². The molecule has 3 rings (SSSR count). The van der Waals surface area contributed by atoms with Crippen LogP contribution in [0.1, 0.15) is 57.2 Å². The molecule has 0 aromatic carbocycles. The molecule has 1 aromatic rings. The number of hydrogen-bond donors (Lipinski definition) is 1. The van der Waals surface area contributed by atoms with Gasteiger partial charge >= 0.3 is 0 Å². The fourth-order valence-electron chi connectivity index (χ4n) is 3.40. The highest BCUT2D eigenvalue weighted by molar-refractivity contribution is 5.05. The van der Waals surface area contributed by atoms with E-state index in [1.54, 1.807) is 7.11 Å². The SMILES string of the molecule is COC1(c2noc(CC(N)C3CC3)n2)CCCC(C)C1. The zero-order valence-corrected chi connectivity index (χ0v) is 12.5. The van der Waals surface area contributed by atoms with Gasteiger partial charge in [-0.3, -0.25) is 0 Å². The Morgan fingerprint density at radius 1 is 1.45 bits per heavy atom. The molecule has 1 heterocycles. The first-order chi connectivity index (χ1) is 9.63. The van der Waals surface area contributed by atoms with Crippen molar-refractivity contribution >= 4 is 0 Å². The highest BCUT2D eigenvalue weighted by Gasteiger charge is 2.41. The molecule has 112 valence electrons. The van der Waals surface area contributed by atoms with Crippen LogP contribution in [0, 0.1) is 11.8 Å². The summed E-state index contributed by atoms with van der Waals surface area (Å²) >= 11 is 0. The minimum Gasteiger partial charge on any atom is -0.370 e. The number of methoxy groups -OCH3 is 1. The molecule has 1 aromatic heterocycles. The molecule has 0 aliphatic heterocycles. The number of rotatable bonds is 5. The van der Waals surface area contributed by atoms with E-state index in [4.69, 9.17) is 15.0 Å². The number of hydrogen-bond acceptors (Lipinski definition) is 5. The minimum atomic E-state index is -0.358. The lowest BCUT2D eigenvalue weighted by Crippen LogP contribution is -2.35. The van der Waals surface area contributed by atoms with Crippen LogP contribution in [0.5, 0.6) is 0 Å². The van der Waals surface area contributed by atoms with Crippen molar-refractivity contribution in [3.63, 3.8) is 0 Å². The third kappa shape index (κ3) is 2.74. The highest BCUT2D eigenvalue weighted by atomic mass is 16.5. The van der Waals surface area contributed by atoms with Crippen LogP contribution in [-0.2, 0) is 16.8 Å². The summed E-state index contributed by atoms with van der Waals surface area (Å²) in [7, 11) is 1.75. The molecular formula is C15H25N3O2. The molecule has 0 radical (unpaired) electrons. The molecule has 5 nitrogen and oxygen atoms in total. The summed E-state index contributed by atoms with van der Waals surface area (Å²) in [6.45, 7) is 2.26. The fourth-order valence-corrected chi connectivity index (χ4v) is 3.40. The van der Waals surface area contributed by atoms with E-state index >= 15 is 0 Å². The van der Waals surface area contributed by atoms with E-state index in [-0.39, 0.29) is 11.6 Å². The summed E-state index contributed by atoms with van der Waals surface area (Å²) in [5.74, 6) is 2.66. The maximum atomic E-state index is 6.13. The van der Waals surface area contributed by atoms with Crippen LogP contribution in [0.4, 0.5) is 0 Å². The molecule has 0 spiro atoms. The Balaban J connectivity index is 1.73. The number of ether oxygens (including phenoxy) is 1. The van der Waals surface area contributed by atoms with Crippen LogP contribution >= 0.6 is 0 Å². The Labute approximate surface area is 120 Å². The third-order valence-electron chi connectivity index (χ3n) is 4.86. The van der Waals surface area contributed by atoms with Crippen molar-refractivity contribution in [1.29, 1.82) is 0 Å². The summed E-state index contributed by atoms with van der Waals surface area (Å²) in [6, 6.07) is 0.159. The lowest BCUT2D eigenvalue weighted by atomic mass is 9.78. The van der Waals surface area contributed by atoms with Crippen molar-refractivity contribution in [2.75, 3.05) is 7.11 Å². The maximum Gasteiger partial charge on any atom is 0.228 e. The van der Waals surface area contributed by atoms with Gasteiger partial charge in [0.25, 0.3) is 0 Å². The molecule has 2 saturated carbocycles. The monoisotopic (exact) mass is 279 g/mol. The number of aromatic nitrogens is 2. The van der Waals surface area contributed by atoms with Crippen molar-refractivity contribution < 1.29 is 9.26 Å². The van der Waals surface area contributed by atoms with Gasteiger partial charge < -0.3 is 15.0 Å². The zero-order chi connectivity index (χ0) is 14.2. The molecule has 5 heteroatoms. The van der Waals surface area contributed by atoms with Crippen molar-refractivity contribution in [3.8, 4) is 0 Å². The van der Waals surface area contributed by atoms with E-state index in [1.807, 2.05) is 0 Å². The molecule has 2 fully saturated rings. The van der Waals surface area contributed by atoms with E-state index in [1.165, 1.54) is 19.3 Å². The molecule has 0 saturated heterocycles. The molecule has 2 aliphatic rings. The van der Waals surface area contributed by atoms with Crippen LogP contribution < -0.4 is 5.73 Å². The molecule has 2 N–H and O–H groups in total. The van der Waals surface area contributed by atoms with Gasteiger partial charge in [-0.25, -0.2) is 0 Å². The summed E-state index contributed by atoms with van der Waals surface area (Å²) in [4.78, 5) is 4.58. The van der Waals surface area contributed by atoms with Gasteiger partial charge in [0.1, 0.15) is 5.60 Å². The van der Waals surface area contributed by atoms with Gasteiger partial charge in [0.2, 0.25) is 11.7 Å². The largest absolute Gasteiger partial charge is 0.370 e. The second kappa shape index (κ2) is 5.45. The lowest BCUT2D eigenvalue weighted by Gasteiger charge is -2.36.